The molecule has 92 valence electrons. The Labute approximate surface area is 112 Å². The molecule has 2 aromatic carbocycles. The molecule has 1 heterocycles. The molecule has 0 unspecified atom stereocenters. The molecule has 2 nitrogen and oxygen atoms in total. The minimum Gasteiger partial charge on any atom is -0.237 e. The second-order valence-corrected chi connectivity index (χ2v) is 4.46. The fourth-order valence-corrected chi connectivity index (χ4v) is 2.14. The van der Waals surface area contributed by atoms with Gasteiger partial charge in [-0.1, -0.05) is 48.5 Å². The predicted molar refractivity (Wildman–Crippen MR) is 77.6 cm³/mol. The van der Waals surface area contributed by atoms with E-state index in [9.17, 15) is 0 Å². The zero-order chi connectivity index (χ0) is 13.1. The summed E-state index contributed by atoms with van der Waals surface area (Å²) in [5.74, 6) is 0.763. The van der Waals surface area contributed by atoms with E-state index in [1.807, 2.05) is 6.07 Å². The van der Waals surface area contributed by atoms with E-state index in [2.05, 4.69) is 65.4 Å². The molecule has 0 spiro atoms. The number of benzene rings is 2. The molecule has 1 aromatic heterocycles. The van der Waals surface area contributed by atoms with Crippen molar-refractivity contribution in [1.29, 1.82) is 0 Å². The molecule has 0 radical (unpaired) electrons. The van der Waals surface area contributed by atoms with Crippen molar-refractivity contribution in [2.75, 3.05) is 0 Å². The van der Waals surface area contributed by atoms with Gasteiger partial charge in [0.25, 0.3) is 0 Å². The molecule has 0 bridgehead atoms. The molecule has 19 heavy (non-hydrogen) atoms. The van der Waals surface area contributed by atoms with Crippen LogP contribution >= 0.6 is 0 Å². The lowest BCUT2D eigenvalue weighted by Gasteiger charge is -2.06. The van der Waals surface area contributed by atoms with E-state index < -0.39 is 0 Å². The number of hydrogen-bond donors (Lipinski definition) is 0. The van der Waals surface area contributed by atoms with Crippen molar-refractivity contribution in [3.05, 3.63) is 72.6 Å². The molecule has 0 fully saturated rings. The third-order valence-electron chi connectivity index (χ3n) is 3.16. The minimum atomic E-state index is 0.763. The molecule has 0 atom stereocenters. The Kier molecular flexibility index (Phi) is 3.07. The SMILES string of the molecule is Cc1ccccc1-c1ccc(-c2ncccn2)cc1. The fourth-order valence-electron chi connectivity index (χ4n) is 2.14. The molecule has 0 aliphatic rings. The molecule has 2 heteroatoms. The first-order valence-corrected chi connectivity index (χ1v) is 6.28. The number of nitrogens with zero attached hydrogens (tertiary/aromatic N) is 2. The van der Waals surface area contributed by atoms with Crippen molar-refractivity contribution >= 4 is 0 Å². The van der Waals surface area contributed by atoms with E-state index in [1.165, 1.54) is 16.7 Å². The van der Waals surface area contributed by atoms with Crippen LogP contribution in [-0.4, -0.2) is 9.97 Å². The van der Waals surface area contributed by atoms with Crippen molar-refractivity contribution in [2.24, 2.45) is 0 Å². The van der Waals surface area contributed by atoms with Gasteiger partial charge in [0, 0.05) is 18.0 Å². The van der Waals surface area contributed by atoms with Gasteiger partial charge in [0.1, 0.15) is 0 Å². The summed E-state index contributed by atoms with van der Waals surface area (Å²) in [6.45, 7) is 2.13. The van der Waals surface area contributed by atoms with Crippen LogP contribution in [-0.2, 0) is 0 Å². The van der Waals surface area contributed by atoms with Gasteiger partial charge < -0.3 is 0 Å². The predicted octanol–water partition coefficient (Wildman–Crippen LogP) is 4.12. The van der Waals surface area contributed by atoms with Crippen molar-refractivity contribution in [1.82, 2.24) is 9.97 Å². The van der Waals surface area contributed by atoms with Crippen molar-refractivity contribution < 1.29 is 0 Å². The Morgan fingerprint density at radius 3 is 2.00 bits per heavy atom. The molecule has 0 saturated heterocycles. The smallest absolute Gasteiger partial charge is 0.159 e. The monoisotopic (exact) mass is 246 g/mol. The highest BCUT2D eigenvalue weighted by Crippen LogP contribution is 2.25. The van der Waals surface area contributed by atoms with Gasteiger partial charge in [0.2, 0.25) is 0 Å². The highest BCUT2D eigenvalue weighted by atomic mass is 14.8. The number of rotatable bonds is 2. The van der Waals surface area contributed by atoms with Gasteiger partial charge in [0.15, 0.2) is 5.82 Å². The largest absolute Gasteiger partial charge is 0.237 e. The Morgan fingerprint density at radius 2 is 1.32 bits per heavy atom. The van der Waals surface area contributed by atoms with Gasteiger partial charge >= 0.3 is 0 Å². The average Bonchev–Trinajstić information content (AvgIpc) is 2.49. The molecule has 0 amide bonds. The van der Waals surface area contributed by atoms with Gasteiger partial charge in [0.05, 0.1) is 0 Å². The summed E-state index contributed by atoms with van der Waals surface area (Å²) in [6.07, 6.45) is 3.52. The summed E-state index contributed by atoms with van der Waals surface area (Å²) in [5.41, 5.74) is 4.81. The van der Waals surface area contributed by atoms with Crippen LogP contribution in [0, 0.1) is 6.92 Å². The van der Waals surface area contributed by atoms with Crippen LogP contribution in [0.4, 0.5) is 0 Å². The van der Waals surface area contributed by atoms with Crippen LogP contribution in [0.5, 0.6) is 0 Å². The first-order chi connectivity index (χ1) is 9.34. The summed E-state index contributed by atoms with van der Waals surface area (Å²) < 4.78 is 0. The summed E-state index contributed by atoms with van der Waals surface area (Å²) in [5, 5.41) is 0. The lowest BCUT2D eigenvalue weighted by molar-refractivity contribution is 1.18. The maximum absolute atomic E-state index is 4.26. The highest BCUT2D eigenvalue weighted by Gasteiger charge is 2.03. The maximum Gasteiger partial charge on any atom is 0.159 e. The van der Waals surface area contributed by atoms with E-state index in [-0.39, 0.29) is 0 Å². The van der Waals surface area contributed by atoms with Crippen LogP contribution in [0.3, 0.4) is 0 Å². The standard InChI is InChI=1S/C17H14N2/c1-13-5-2-3-6-16(13)14-7-9-15(10-8-14)17-18-11-4-12-19-17/h2-12H,1H3. The van der Waals surface area contributed by atoms with Crippen LogP contribution in [0.1, 0.15) is 5.56 Å². The zero-order valence-electron chi connectivity index (χ0n) is 10.7. The van der Waals surface area contributed by atoms with Crippen LogP contribution in [0.2, 0.25) is 0 Å². The molecular formula is C17H14N2. The van der Waals surface area contributed by atoms with E-state index in [1.54, 1.807) is 12.4 Å². The zero-order valence-corrected chi connectivity index (χ0v) is 10.7. The fraction of sp³-hybridized carbons (Fsp3) is 0.0588. The molecule has 3 rings (SSSR count). The van der Waals surface area contributed by atoms with Gasteiger partial charge in [-0.3, -0.25) is 0 Å². The van der Waals surface area contributed by atoms with Crippen LogP contribution in [0.15, 0.2) is 67.0 Å². The minimum absolute atomic E-state index is 0.763. The third-order valence-corrected chi connectivity index (χ3v) is 3.16. The Morgan fingerprint density at radius 1 is 0.684 bits per heavy atom. The molecule has 0 saturated carbocycles. The molecule has 0 N–H and O–H groups in total. The molecule has 0 aliphatic heterocycles. The topological polar surface area (TPSA) is 25.8 Å². The van der Waals surface area contributed by atoms with E-state index in [4.69, 9.17) is 0 Å². The summed E-state index contributed by atoms with van der Waals surface area (Å²) >= 11 is 0. The molecule has 3 aromatic rings. The lowest BCUT2D eigenvalue weighted by Crippen LogP contribution is -1.87. The van der Waals surface area contributed by atoms with Crippen molar-refractivity contribution in [3.8, 4) is 22.5 Å². The normalized spacial score (nSPS) is 10.4. The quantitative estimate of drug-likeness (QED) is 0.679. The Hall–Kier alpha value is -2.48. The van der Waals surface area contributed by atoms with Crippen LogP contribution in [0.25, 0.3) is 22.5 Å². The molecular weight excluding hydrogens is 232 g/mol. The summed E-state index contributed by atoms with van der Waals surface area (Å²) in [4.78, 5) is 8.52. The van der Waals surface area contributed by atoms with E-state index in [0.29, 0.717) is 0 Å². The number of aromatic nitrogens is 2. The van der Waals surface area contributed by atoms with Gasteiger partial charge in [-0.25, -0.2) is 9.97 Å². The number of aryl methyl sites for hydroxylation is 1. The lowest BCUT2D eigenvalue weighted by atomic mass is 9.99. The van der Waals surface area contributed by atoms with Crippen molar-refractivity contribution in [3.63, 3.8) is 0 Å². The average molecular weight is 246 g/mol. The Bertz CT molecular complexity index is 673. The second-order valence-electron chi connectivity index (χ2n) is 4.46. The van der Waals surface area contributed by atoms with Crippen LogP contribution < -0.4 is 0 Å². The maximum atomic E-state index is 4.26. The summed E-state index contributed by atoms with van der Waals surface area (Å²) in [7, 11) is 0. The number of hydrogen-bond acceptors (Lipinski definition) is 2. The van der Waals surface area contributed by atoms with E-state index >= 15 is 0 Å². The van der Waals surface area contributed by atoms with E-state index in [0.717, 1.165) is 11.4 Å². The van der Waals surface area contributed by atoms with Gasteiger partial charge in [-0.15, -0.1) is 0 Å². The van der Waals surface area contributed by atoms with Gasteiger partial charge in [-0.05, 0) is 29.7 Å². The van der Waals surface area contributed by atoms with Gasteiger partial charge in [-0.2, -0.15) is 0 Å². The Balaban J connectivity index is 1.98. The second kappa shape index (κ2) is 5.02. The third kappa shape index (κ3) is 2.38. The molecule has 0 aliphatic carbocycles. The van der Waals surface area contributed by atoms with Crippen molar-refractivity contribution in [2.45, 2.75) is 6.92 Å². The first-order valence-electron chi connectivity index (χ1n) is 6.28. The summed E-state index contributed by atoms with van der Waals surface area (Å²) in [6, 6.07) is 18.6. The first kappa shape index (κ1) is 11.6. The highest BCUT2D eigenvalue weighted by molar-refractivity contribution is 5.70.